The molecule has 1 saturated carbocycles. The summed E-state index contributed by atoms with van der Waals surface area (Å²) in [6, 6.07) is 7.66. The van der Waals surface area contributed by atoms with Crippen molar-refractivity contribution in [2.24, 2.45) is 5.92 Å². The molecule has 5 rings (SSSR count). The molecule has 0 radical (unpaired) electrons. The predicted octanol–water partition coefficient (Wildman–Crippen LogP) is 6.38. The molecule has 3 N–H and O–H groups in total. The summed E-state index contributed by atoms with van der Waals surface area (Å²) in [6.45, 7) is 2.36. The fraction of sp³-hybridized carbons (Fsp3) is 0.348. The number of nitrogens with zero attached hydrogens (tertiary/aromatic N) is 3. The van der Waals surface area contributed by atoms with Gasteiger partial charge in [0.2, 0.25) is 0 Å². The Balaban J connectivity index is 0.000000256. The molecule has 4 aromatic rings. The van der Waals surface area contributed by atoms with E-state index < -0.39 is 0 Å². The Bertz CT molecular complexity index is 1060. The first-order valence-corrected chi connectivity index (χ1v) is 12.0. The summed E-state index contributed by atoms with van der Waals surface area (Å²) in [5, 5.41) is 7.56. The molecule has 0 unspecified atom stereocenters. The molecule has 1 fully saturated rings. The van der Waals surface area contributed by atoms with Gasteiger partial charge >= 0.3 is 0 Å². The monoisotopic (exact) mass is 456 g/mol. The number of nitrogen functional groups attached to an aromatic ring is 1. The second-order valence-electron chi connectivity index (χ2n) is 7.30. The SMILES string of the molecule is CC1CCCCC1.CO.Nc1nc2ccc(Oc3cncc(-c4cncs4)c3)cc2s1. The maximum atomic E-state index is 7.00. The van der Waals surface area contributed by atoms with E-state index in [2.05, 4.69) is 21.9 Å². The van der Waals surface area contributed by atoms with E-state index in [0.717, 1.165) is 39.4 Å². The molecule has 3 heterocycles. The Hall–Kier alpha value is -2.55. The zero-order valence-corrected chi connectivity index (χ0v) is 19.5. The van der Waals surface area contributed by atoms with Gasteiger partial charge in [0.1, 0.15) is 11.5 Å². The second kappa shape index (κ2) is 11.7. The number of rotatable bonds is 3. The lowest BCUT2D eigenvalue weighted by Crippen LogP contribution is -1.99. The lowest BCUT2D eigenvalue weighted by atomic mass is 9.91. The Kier molecular flexibility index (Phi) is 8.75. The van der Waals surface area contributed by atoms with Crippen molar-refractivity contribution in [1.82, 2.24) is 15.0 Å². The fourth-order valence-corrected chi connectivity index (χ4v) is 4.76. The van der Waals surface area contributed by atoms with Crippen molar-refractivity contribution in [2.75, 3.05) is 12.8 Å². The number of hydrogen-bond donors (Lipinski definition) is 2. The predicted molar refractivity (Wildman–Crippen MR) is 130 cm³/mol. The summed E-state index contributed by atoms with van der Waals surface area (Å²) in [5.41, 5.74) is 9.39. The molecule has 1 aliphatic rings. The van der Waals surface area contributed by atoms with Gasteiger partial charge in [-0.3, -0.25) is 9.97 Å². The van der Waals surface area contributed by atoms with Crippen molar-refractivity contribution < 1.29 is 9.84 Å². The molecule has 0 bridgehead atoms. The fourth-order valence-electron chi connectivity index (χ4n) is 3.40. The minimum absolute atomic E-state index is 0.556. The Labute approximate surface area is 190 Å². The summed E-state index contributed by atoms with van der Waals surface area (Å²) >= 11 is 3.01. The topological polar surface area (TPSA) is 94.2 Å². The van der Waals surface area contributed by atoms with Crippen LogP contribution in [0.15, 0.2) is 48.4 Å². The normalized spacial score (nSPS) is 13.6. The summed E-state index contributed by atoms with van der Waals surface area (Å²) < 4.78 is 6.90. The first-order valence-electron chi connectivity index (χ1n) is 10.3. The molecule has 1 aromatic carbocycles. The number of aliphatic hydroxyl groups excluding tert-OH is 1. The quantitative estimate of drug-likeness (QED) is 0.371. The lowest BCUT2D eigenvalue weighted by Gasteiger charge is -2.15. The van der Waals surface area contributed by atoms with Gasteiger partial charge in [0, 0.05) is 31.1 Å². The van der Waals surface area contributed by atoms with Crippen molar-refractivity contribution in [2.45, 2.75) is 39.0 Å². The Morgan fingerprint density at radius 3 is 2.48 bits per heavy atom. The number of thiazole rings is 2. The average molecular weight is 457 g/mol. The molecule has 0 saturated heterocycles. The number of pyridine rings is 1. The molecular weight excluding hydrogens is 428 g/mol. The summed E-state index contributed by atoms with van der Waals surface area (Å²) in [4.78, 5) is 13.6. The van der Waals surface area contributed by atoms with Crippen LogP contribution in [0.25, 0.3) is 20.7 Å². The van der Waals surface area contributed by atoms with Gasteiger partial charge in [-0.15, -0.1) is 11.3 Å². The van der Waals surface area contributed by atoms with Crippen molar-refractivity contribution in [3.8, 4) is 21.9 Å². The van der Waals surface area contributed by atoms with Crippen LogP contribution < -0.4 is 10.5 Å². The molecule has 0 atom stereocenters. The number of aliphatic hydroxyl groups is 1. The zero-order chi connectivity index (χ0) is 22.1. The molecular formula is C23H28N4O2S2. The maximum Gasteiger partial charge on any atom is 0.181 e. The van der Waals surface area contributed by atoms with Gasteiger partial charge in [-0.05, 0) is 24.1 Å². The van der Waals surface area contributed by atoms with Gasteiger partial charge in [0.05, 0.1) is 26.8 Å². The smallest absolute Gasteiger partial charge is 0.181 e. The third-order valence-corrected chi connectivity index (χ3v) is 6.61. The van der Waals surface area contributed by atoms with Crippen LogP contribution in [0.2, 0.25) is 0 Å². The highest BCUT2D eigenvalue weighted by atomic mass is 32.1. The van der Waals surface area contributed by atoms with E-state index in [0.29, 0.717) is 10.9 Å². The largest absolute Gasteiger partial charge is 0.456 e. The minimum atomic E-state index is 0.556. The van der Waals surface area contributed by atoms with Gasteiger partial charge < -0.3 is 15.6 Å². The third-order valence-electron chi connectivity index (χ3n) is 4.94. The van der Waals surface area contributed by atoms with Crippen LogP contribution >= 0.6 is 22.7 Å². The van der Waals surface area contributed by atoms with E-state index in [1.54, 1.807) is 29.2 Å². The highest BCUT2D eigenvalue weighted by molar-refractivity contribution is 7.22. The van der Waals surface area contributed by atoms with Crippen LogP contribution in [0.5, 0.6) is 11.5 Å². The third kappa shape index (κ3) is 6.72. The number of nitrogens with two attached hydrogens (primary N) is 1. The first kappa shape index (κ1) is 23.1. The van der Waals surface area contributed by atoms with Gasteiger partial charge in [-0.1, -0.05) is 50.4 Å². The highest BCUT2D eigenvalue weighted by Crippen LogP contribution is 2.31. The van der Waals surface area contributed by atoms with E-state index in [1.165, 1.54) is 43.4 Å². The highest BCUT2D eigenvalue weighted by Gasteiger charge is 2.07. The van der Waals surface area contributed by atoms with E-state index in [-0.39, 0.29) is 0 Å². The molecule has 0 spiro atoms. The van der Waals surface area contributed by atoms with E-state index in [9.17, 15) is 0 Å². The van der Waals surface area contributed by atoms with Crippen molar-refractivity contribution in [1.29, 1.82) is 0 Å². The molecule has 164 valence electrons. The molecule has 3 aromatic heterocycles. The molecule has 8 heteroatoms. The Morgan fingerprint density at radius 1 is 1.00 bits per heavy atom. The van der Waals surface area contributed by atoms with Gasteiger partial charge in [0.15, 0.2) is 5.13 Å². The Morgan fingerprint density at radius 2 is 1.81 bits per heavy atom. The van der Waals surface area contributed by atoms with Gasteiger partial charge in [0.25, 0.3) is 0 Å². The van der Waals surface area contributed by atoms with Crippen LogP contribution in [0.4, 0.5) is 5.13 Å². The van der Waals surface area contributed by atoms with Crippen LogP contribution in [-0.4, -0.2) is 27.2 Å². The van der Waals surface area contributed by atoms with Gasteiger partial charge in [-0.2, -0.15) is 0 Å². The van der Waals surface area contributed by atoms with Crippen molar-refractivity contribution >= 4 is 38.0 Å². The van der Waals surface area contributed by atoms with Gasteiger partial charge in [-0.25, -0.2) is 4.98 Å². The summed E-state index contributed by atoms with van der Waals surface area (Å²) in [7, 11) is 1.00. The number of fused-ring (bicyclic) bond motifs is 1. The van der Waals surface area contributed by atoms with Crippen molar-refractivity contribution in [3.63, 3.8) is 0 Å². The molecule has 6 nitrogen and oxygen atoms in total. The molecule has 1 aliphatic carbocycles. The minimum Gasteiger partial charge on any atom is -0.456 e. The summed E-state index contributed by atoms with van der Waals surface area (Å²) in [6.07, 6.45) is 12.7. The number of aromatic nitrogens is 3. The number of hydrogen-bond acceptors (Lipinski definition) is 8. The maximum absolute atomic E-state index is 7.00. The molecule has 0 amide bonds. The summed E-state index contributed by atoms with van der Waals surface area (Å²) in [5.74, 6) is 2.45. The van der Waals surface area contributed by atoms with Crippen LogP contribution in [0, 0.1) is 5.92 Å². The standard InChI is InChI=1S/C15H10N4OS2.C7H14.CH4O/c16-15-19-12-2-1-10(4-13(12)22-15)20-11-3-9(5-17-6-11)14-7-18-8-21-14;1-7-5-3-2-4-6-7;1-2/h1-8H,(H2,16,19);7H,2-6H2,1H3;2H,1H3. The average Bonchev–Trinajstić information content (AvgIpc) is 3.45. The van der Waals surface area contributed by atoms with Crippen LogP contribution in [-0.2, 0) is 0 Å². The van der Waals surface area contributed by atoms with Crippen LogP contribution in [0.1, 0.15) is 39.0 Å². The van der Waals surface area contributed by atoms with E-state index in [4.69, 9.17) is 15.6 Å². The van der Waals surface area contributed by atoms with E-state index in [1.807, 2.05) is 30.5 Å². The second-order valence-corrected chi connectivity index (χ2v) is 9.25. The number of ether oxygens (including phenoxy) is 1. The molecule has 31 heavy (non-hydrogen) atoms. The first-order chi connectivity index (χ1) is 15.2. The number of anilines is 1. The lowest BCUT2D eigenvalue weighted by molar-refractivity contribution is 0.385. The number of benzene rings is 1. The van der Waals surface area contributed by atoms with E-state index >= 15 is 0 Å². The molecule has 0 aliphatic heterocycles. The van der Waals surface area contributed by atoms with Crippen LogP contribution in [0.3, 0.4) is 0 Å². The zero-order valence-electron chi connectivity index (χ0n) is 17.8. The van der Waals surface area contributed by atoms with Crippen molar-refractivity contribution in [3.05, 3.63) is 48.4 Å².